The first-order chi connectivity index (χ1) is 14.8. The van der Waals surface area contributed by atoms with Crippen molar-refractivity contribution < 1.29 is 19.0 Å². The zero-order chi connectivity index (χ0) is 20.3. The first-order valence-electron chi connectivity index (χ1n) is 11.5. The summed E-state index contributed by atoms with van der Waals surface area (Å²) < 4.78 is 16.9. The third-order valence-corrected chi connectivity index (χ3v) is 7.06. The second kappa shape index (κ2) is 9.12. The third kappa shape index (κ3) is 4.29. The molecule has 0 aromatic heterocycles. The monoisotopic (exact) mass is 415 g/mol. The van der Waals surface area contributed by atoms with Gasteiger partial charge in [0.2, 0.25) is 12.7 Å². The highest BCUT2D eigenvalue weighted by Crippen LogP contribution is 2.37. The predicted octanol–water partition coefficient (Wildman–Crippen LogP) is 2.14. The summed E-state index contributed by atoms with van der Waals surface area (Å²) in [4.78, 5) is 17.7. The van der Waals surface area contributed by atoms with Crippen molar-refractivity contribution in [1.82, 2.24) is 15.1 Å². The molecular formula is C23H33N3O4. The van der Waals surface area contributed by atoms with Gasteiger partial charge in [0.25, 0.3) is 0 Å². The topological polar surface area (TPSA) is 63.3 Å². The van der Waals surface area contributed by atoms with Crippen molar-refractivity contribution >= 4 is 5.91 Å². The maximum Gasteiger partial charge on any atom is 0.231 e. The van der Waals surface area contributed by atoms with Crippen molar-refractivity contribution in [3.8, 4) is 11.5 Å². The average molecular weight is 416 g/mol. The highest BCUT2D eigenvalue weighted by atomic mass is 16.7. The molecule has 3 saturated heterocycles. The molecule has 7 heteroatoms. The van der Waals surface area contributed by atoms with Crippen molar-refractivity contribution in [3.05, 3.63) is 23.8 Å². The van der Waals surface area contributed by atoms with Gasteiger partial charge in [0.15, 0.2) is 11.5 Å². The fraction of sp³-hybridized carbons (Fsp3) is 0.696. The Kier molecular flexibility index (Phi) is 6.11. The second-order valence-electron chi connectivity index (χ2n) is 8.92. The van der Waals surface area contributed by atoms with Crippen LogP contribution >= 0.6 is 0 Å². The van der Waals surface area contributed by atoms with Crippen molar-refractivity contribution in [3.63, 3.8) is 0 Å². The van der Waals surface area contributed by atoms with Gasteiger partial charge in [0.1, 0.15) is 0 Å². The Morgan fingerprint density at radius 1 is 1.07 bits per heavy atom. The number of rotatable bonds is 4. The van der Waals surface area contributed by atoms with Crippen LogP contribution in [0.5, 0.6) is 11.5 Å². The van der Waals surface area contributed by atoms with Crippen molar-refractivity contribution in [2.24, 2.45) is 0 Å². The fourth-order valence-electron chi connectivity index (χ4n) is 5.53. The molecule has 164 valence electrons. The summed E-state index contributed by atoms with van der Waals surface area (Å²) in [5.74, 6) is 1.94. The Balaban J connectivity index is 1.34. The van der Waals surface area contributed by atoms with E-state index in [2.05, 4.69) is 27.2 Å². The number of carbonyl (C=O) groups excluding carboxylic acids is 1. The lowest BCUT2D eigenvalue weighted by molar-refractivity contribution is -0.129. The first-order valence-corrected chi connectivity index (χ1v) is 11.5. The Morgan fingerprint density at radius 2 is 1.97 bits per heavy atom. The number of amides is 1. The number of ether oxygens (including phenoxy) is 3. The van der Waals surface area contributed by atoms with Crippen LogP contribution in [0.4, 0.5) is 0 Å². The number of carbonyl (C=O) groups is 1. The lowest BCUT2D eigenvalue weighted by Crippen LogP contribution is -2.60. The molecule has 0 aliphatic carbocycles. The van der Waals surface area contributed by atoms with E-state index in [0.29, 0.717) is 25.3 Å². The Morgan fingerprint density at radius 3 is 2.87 bits per heavy atom. The van der Waals surface area contributed by atoms with E-state index >= 15 is 0 Å². The molecule has 1 amide bonds. The number of morpholine rings is 1. The Labute approximate surface area is 178 Å². The fourth-order valence-corrected chi connectivity index (χ4v) is 5.53. The molecule has 5 rings (SSSR count). The summed E-state index contributed by atoms with van der Waals surface area (Å²) in [6.07, 6.45) is 7.48. The number of likely N-dealkylation sites (tertiary alicyclic amines) is 1. The number of nitrogens with zero attached hydrogens (tertiary/aromatic N) is 2. The molecule has 1 aromatic carbocycles. The van der Waals surface area contributed by atoms with Gasteiger partial charge in [0.05, 0.1) is 19.4 Å². The van der Waals surface area contributed by atoms with E-state index in [1.165, 1.54) is 24.8 Å². The number of nitrogens with one attached hydrogen (secondary N) is 1. The van der Waals surface area contributed by atoms with Crippen LogP contribution in [0.1, 0.15) is 44.1 Å². The number of benzene rings is 1. The van der Waals surface area contributed by atoms with E-state index in [-0.39, 0.29) is 12.1 Å². The predicted molar refractivity (Wildman–Crippen MR) is 113 cm³/mol. The molecule has 4 heterocycles. The van der Waals surface area contributed by atoms with Crippen LogP contribution in [-0.2, 0) is 16.0 Å². The first kappa shape index (κ1) is 20.1. The van der Waals surface area contributed by atoms with Gasteiger partial charge < -0.3 is 19.5 Å². The summed E-state index contributed by atoms with van der Waals surface area (Å²) in [6.45, 7) is 4.76. The standard InChI is InChI=1S/C23H33N3O4/c27-22-15-19(25-9-11-28-12-10-25)14-21(24-22)26-8-3-1-2-6-18(26)13-17-5-4-7-20-23(17)30-16-29-20/h4-5,7,18-19,21H,1-3,6,8-16H2,(H,24,27)/t18-,19?,21?/m1/s1. The van der Waals surface area contributed by atoms with E-state index in [1.54, 1.807) is 0 Å². The maximum atomic E-state index is 12.6. The summed E-state index contributed by atoms with van der Waals surface area (Å²) >= 11 is 0. The van der Waals surface area contributed by atoms with Crippen LogP contribution in [0.2, 0.25) is 0 Å². The van der Waals surface area contributed by atoms with Gasteiger partial charge in [-0.25, -0.2) is 0 Å². The van der Waals surface area contributed by atoms with Crippen LogP contribution in [0.25, 0.3) is 0 Å². The van der Waals surface area contributed by atoms with Gasteiger partial charge in [-0.15, -0.1) is 0 Å². The highest BCUT2D eigenvalue weighted by molar-refractivity contribution is 5.77. The van der Waals surface area contributed by atoms with Crippen LogP contribution < -0.4 is 14.8 Å². The van der Waals surface area contributed by atoms with Gasteiger partial charge in [-0.1, -0.05) is 25.0 Å². The van der Waals surface area contributed by atoms with Crippen molar-refractivity contribution in [2.45, 2.75) is 63.2 Å². The molecule has 0 spiro atoms. The molecule has 3 fully saturated rings. The summed E-state index contributed by atoms with van der Waals surface area (Å²) in [5, 5.41) is 3.32. The highest BCUT2D eigenvalue weighted by Gasteiger charge is 2.37. The molecule has 0 bridgehead atoms. The second-order valence-corrected chi connectivity index (χ2v) is 8.92. The van der Waals surface area contributed by atoms with Gasteiger partial charge >= 0.3 is 0 Å². The lowest BCUT2D eigenvalue weighted by atomic mass is 9.96. The molecule has 0 radical (unpaired) electrons. The normalized spacial score (nSPS) is 30.7. The Bertz CT molecular complexity index is 752. The largest absolute Gasteiger partial charge is 0.454 e. The molecule has 4 aliphatic heterocycles. The number of hydrogen-bond donors (Lipinski definition) is 1. The number of fused-ring (bicyclic) bond motifs is 1. The molecule has 0 saturated carbocycles. The van der Waals surface area contributed by atoms with Gasteiger partial charge in [0, 0.05) is 38.1 Å². The summed E-state index contributed by atoms with van der Waals surface area (Å²) in [5.41, 5.74) is 1.22. The molecule has 30 heavy (non-hydrogen) atoms. The molecular weight excluding hydrogens is 382 g/mol. The van der Waals surface area contributed by atoms with Crippen LogP contribution in [-0.4, -0.2) is 73.6 Å². The van der Waals surface area contributed by atoms with E-state index in [4.69, 9.17) is 14.2 Å². The molecule has 1 aromatic rings. The minimum absolute atomic E-state index is 0.108. The van der Waals surface area contributed by atoms with Crippen LogP contribution in [0, 0.1) is 0 Å². The molecule has 2 unspecified atom stereocenters. The van der Waals surface area contributed by atoms with E-state index in [1.807, 2.05) is 6.07 Å². The molecule has 1 N–H and O–H groups in total. The molecule has 3 atom stereocenters. The quantitative estimate of drug-likeness (QED) is 0.813. The molecule has 4 aliphatic rings. The number of hydrogen-bond acceptors (Lipinski definition) is 6. The summed E-state index contributed by atoms with van der Waals surface area (Å²) in [6, 6.07) is 6.91. The van der Waals surface area contributed by atoms with Crippen molar-refractivity contribution in [2.75, 3.05) is 39.6 Å². The van der Waals surface area contributed by atoms with Gasteiger partial charge in [-0.3, -0.25) is 14.6 Å². The van der Waals surface area contributed by atoms with E-state index in [0.717, 1.165) is 63.6 Å². The van der Waals surface area contributed by atoms with Crippen LogP contribution in [0.3, 0.4) is 0 Å². The van der Waals surface area contributed by atoms with Crippen molar-refractivity contribution in [1.29, 1.82) is 0 Å². The Hall–Kier alpha value is -1.83. The smallest absolute Gasteiger partial charge is 0.231 e. The maximum absolute atomic E-state index is 12.6. The average Bonchev–Trinajstić information content (AvgIpc) is 3.14. The third-order valence-electron chi connectivity index (χ3n) is 7.06. The van der Waals surface area contributed by atoms with Crippen LogP contribution in [0.15, 0.2) is 18.2 Å². The van der Waals surface area contributed by atoms with E-state index in [9.17, 15) is 4.79 Å². The lowest BCUT2D eigenvalue weighted by Gasteiger charge is -2.45. The zero-order valence-corrected chi connectivity index (χ0v) is 17.7. The zero-order valence-electron chi connectivity index (χ0n) is 17.7. The SMILES string of the molecule is O=C1CC(N2CCOCC2)CC(N2CCCCC[C@@H]2Cc2cccc3c2OCO3)N1. The van der Waals surface area contributed by atoms with E-state index < -0.39 is 0 Å². The minimum atomic E-state index is 0.108. The van der Waals surface area contributed by atoms with Gasteiger partial charge in [-0.2, -0.15) is 0 Å². The molecule has 7 nitrogen and oxygen atoms in total. The number of para-hydroxylation sites is 1. The summed E-state index contributed by atoms with van der Waals surface area (Å²) in [7, 11) is 0. The van der Waals surface area contributed by atoms with Gasteiger partial charge in [-0.05, 0) is 37.3 Å². The minimum Gasteiger partial charge on any atom is -0.454 e. The number of piperidine rings is 1.